The summed E-state index contributed by atoms with van der Waals surface area (Å²) in [5.74, 6) is 1.33. The van der Waals surface area contributed by atoms with E-state index < -0.39 is 0 Å². The van der Waals surface area contributed by atoms with Crippen LogP contribution in [-0.2, 0) is 0 Å². The van der Waals surface area contributed by atoms with Gasteiger partial charge in [0.25, 0.3) is 0 Å². The highest BCUT2D eigenvalue weighted by Crippen LogP contribution is 2.30. The van der Waals surface area contributed by atoms with Gasteiger partial charge < -0.3 is 10.1 Å². The number of nitrogens with one attached hydrogen (secondary N) is 1. The lowest BCUT2D eigenvalue weighted by atomic mass is 9.97. The van der Waals surface area contributed by atoms with Crippen LogP contribution in [0.3, 0.4) is 0 Å². The second kappa shape index (κ2) is 5.82. The Labute approximate surface area is 117 Å². The molecular weight excluding hydrogens is 263 g/mol. The minimum atomic E-state index is -0.298. The standard InChI is InChI=1S/C14H19FN2OS/c1-4-14(2)7-8-19-13(17-14)16-12-9-10(18-3)5-6-11(12)15/h5-6,9H,4,7-8H2,1-3H3,(H,16,17). The number of hydrogen-bond donors (Lipinski definition) is 1. The van der Waals surface area contributed by atoms with E-state index in [1.165, 1.54) is 6.07 Å². The third-order valence-corrected chi connectivity index (χ3v) is 4.30. The molecule has 104 valence electrons. The molecule has 0 saturated carbocycles. The van der Waals surface area contributed by atoms with Gasteiger partial charge in [-0.3, -0.25) is 4.99 Å². The zero-order chi connectivity index (χ0) is 13.9. The molecule has 1 aliphatic heterocycles. The van der Waals surface area contributed by atoms with Crippen molar-refractivity contribution in [2.24, 2.45) is 4.99 Å². The fourth-order valence-corrected chi connectivity index (χ4v) is 3.07. The summed E-state index contributed by atoms with van der Waals surface area (Å²) in [4.78, 5) is 4.69. The van der Waals surface area contributed by atoms with Crippen LogP contribution in [0, 0.1) is 5.82 Å². The minimum absolute atomic E-state index is 0.0388. The van der Waals surface area contributed by atoms with E-state index in [9.17, 15) is 4.39 Å². The van der Waals surface area contributed by atoms with Gasteiger partial charge in [-0.05, 0) is 31.9 Å². The molecule has 1 unspecified atom stereocenters. The van der Waals surface area contributed by atoms with Gasteiger partial charge in [0.2, 0.25) is 0 Å². The molecule has 2 rings (SSSR count). The average molecular weight is 282 g/mol. The SMILES string of the molecule is CCC1(C)CCSC(Nc2cc(OC)ccc2F)=N1. The van der Waals surface area contributed by atoms with E-state index in [4.69, 9.17) is 4.74 Å². The molecule has 0 aliphatic carbocycles. The molecular formula is C14H19FN2OS. The highest BCUT2D eigenvalue weighted by atomic mass is 32.2. The van der Waals surface area contributed by atoms with Crippen molar-refractivity contribution in [2.75, 3.05) is 18.2 Å². The molecule has 1 N–H and O–H groups in total. The van der Waals surface area contributed by atoms with Gasteiger partial charge in [0, 0.05) is 11.8 Å². The molecule has 1 atom stereocenters. The van der Waals surface area contributed by atoms with Crippen molar-refractivity contribution >= 4 is 22.6 Å². The van der Waals surface area contributed by atoms with E-state index in [0.29, 0.717) is 11.4 Å². The second-order valence-corrected chi connectivity index (χ2v) is 5.92. The van der Waals surface area contributed by atoms with Gasteiger partial charge in [-0.25, -0.2) is 4.39 Å². The van der Waals surface area contributed by atoms with Gasteiger partial charge in [0.15, 0.2) is 5.17 Å². The first-order valence-corrected chi connectivity index (χ1v) is 7.38. The van der Waals surface area contributed by atoms with Crippen LogP contribution in [0.2, 0.25) is 0 Å². The van der Waals surface area contributed by atoms with Crippen molar-refractivity contribution in [3.8, 4) is 5.75 Å². The Morgan fingerprint density at radius 2 is 2.32 bits per heavy atom. The average Bonchev–Trinajstić information content (AvgIpc) is 2.41. The van der Waals surface area contributed by atoms with E-state index in [0.717, 1.165) is 23.8 Å². The molecule has 0 bridgehead atoms. The Morgan fingerprint density at radius 1 is 1.53 bits per heavy atom. The van der Waals surface area contributed by atoms with E-state index in [2.05, 4.69) is 24.2 Å². The number of rotatable bonds is 3. The van der Waals surface area contributed by atoms with Crippen molar-refractivity contribution in [2.45, 2.75) is 32.2 Å². The Kier molecular flexibility index (Phi) is 4.34. The van der Waals surface area contributed by atoms with Crippen LogP contribution in [-0.4, -0.2) is 23.6 Å². The van der Waals surface area contributed by atoms with Crippen LogP contribution in [0.25, 0.3) is 0 Å². The lowest BCUT2D eigenvalue weighted by Crippen LogP contribution is -2.29. The van der Waals surface area contributed by atoms with Crippen molar-refractivity contribution < 1.29 is 9.13 Å². The Hall–Kier alpha value is -1.23. The molecule has 0 spiro atoms. The first-order valence-electron chi connectivity index (χ1n) is 6.39. The van der Waals surface area contributed by atoms with Crippen LogP contribution in [0.1, 0.15) is 26.7 Å². The molecule has 0 amide bonds. The van der Waals surface area contributed by atoms with Gasteiger partial charge in [-0.15, -0.1) is 0 Å². The number of anilines is 1. The molecule has 1 aromatic rings. The lowest BCUT2D eigenvalue weighted by molar-refractivity contribution is 0.414. The summed E-state index contributed by atoms with van der Waals surface area (Å²) in [6, 6.07) is 4.65. The highest BCUT2D eigenvalue weighted by molar-refractivity contribution is 8.14. The predicted octanol–water partition coefficient (Wildman–Crippen LogP) is 3.91. The van der Waals surface area contributed by atoms with Gasteiger partial charge in [-0.1, -0.05) is 18.7 Å². The van der Waals surface area contributed by atoms with Crippen molar-refractivity contribution in [3.63, 3.8) is 0 Å². The van der Waals surface area contributed by atoms with Crippen molar-refractivity contribution in [1.29, 1.82) is 0 Å². The van der Waals surface area contributed by atoms with Gasteiger partial charge in [-0.2, -0.15) is 0 Å². The Morgan fingerprint density at radius 3 is 3.00 bits per heavy atom. The van der Waals surface area contributed by atoms with Gasteiger partial charge >= 0.3 is 0 Å². The van der Waals surface area contributed by atoms with Crippen LogP contribution >= 0.6 is 11.8 Å². The number of methoxy groups -OCH3 is 1. The molecule has 0 saturated heterocycles. The maximum atomic E-state index is 13.8. The first-order chi connectivity index (χ1) is 9.06. The van der Waals surface area contributed by atoms with Crippen LogP contribution in [0.5, 0.6) is 5.75 Å². The van der Waals surface area contributed by atoms with E-state index in [-0.39, 0.29) is 11.4 Å². The molecule has 0 fully saturated rings. The molecule has 0 aromatic heterocycles. The number of halogens is 1. The summed E-state index contributed by atoms with van der Waals surface area (Å²) in [7, 11) is 1.57. The molecule has 1 aliphatic rings. The number of amidine groups is 1. The summed E-state index contributed by atoms with van der Waals surface area (Å²) in [6.45, 7) is 4.26. The lowest BCUT2D eigenvalue weighted by Gasteiger charge is -2.29. The normalized spacial score (nSPS) is 22.8. The number of nitrogens with zero attached hydrogens (tertiary/aromatic N) is 1. The fraction of sp³-hybridized carbons (Fsp3) is 0.500. The summed E-state index contributed by atoms with van der Waals surface area (Å²) >= 11 is 1.63. The zero-order valence-electron chi connectivity index (χ0n) is 11.5. The van der Waals surface area contributed by atoms with Crippen LogP contribution in [0.4, 0.5) is 10.1 Å². The second-order valence-electron chi connectivity index (χ2n) is 4.84. The molecule has 3 nitrogen and oxygen atoms in total. The number of ether oxygens (including phenoxy) is 1. The van der Waals surface area contributed by atoms with Crippen LogP contribution < -0.4 is 10.1 Å². The highest BCUT2D eigenvalue weighted by Gasteiger charge is 2.26. The third kappa shape index (κ3) is 3.41. The Bertz CT molecular complexity index is 492. The predicted molar refractivity (Wildman–Crippen MR) is 79.8 cm³/mol. The molecule has 1 heterocycles. The maximum Gasteiger partial charge on any atom is 0.161 e. The van der Waals surface area contributed by atoms with Crippen LogP contribution in [0.15, 0.2) is 23.2 Å². The van der Waals surface area contributed by atoms with E-state index in [1.54, 1.807) is 31.0 Å². The van der Waals surface area contributed by atoms with E-state index >= 15 is 0 Å². The van der Waals surface area contributed by atoms with Crippen molar-refractivity contribution in [1.82, 2.24) is 0 Å². The summed E-state index contributed by atoms with van der Waals surface area (Å²) in [5, 5.41) is 3.85. The topological polar surface area (TPSA) is 33.6 Å². The number of aliphatic imine (C=N–C) groups is 1. The quantitative estimate of drug-likeness (QED) is 0.912. The smallest absolute Gasteiger partial charge is 0.161 e. The summed E-state index contributed by atoms with van der Waals surface area (Å²) < 4.78 is 18.9. The monoisotopic (exact) mass is 282 g/mol. The maximum absolute atomic E-state index is 13.8. The molecule has 19 heavy (non-hydrogen) atoms. The Balaban J connectivity index is 2.21. The first kappa shape index (κ1) is 14.2. The van der Waals surface area contributed by atoms with E-state index in [1.807, 2.05) is 0 Å². The summed E-state index contributed by atoms with van der Waals surface area (Å²) in [5.41, 5.74) is 0.370. The van der Waals surface area contributed by atoms with Crippen molar-refractivity contribution in [3.05, 3.63) is 24.0 Å². The molecule has 0 radical (unpaired) electrons. The zero-order valence-corrected chi connectivity index (χ0v) is 12.3. The minimum Gasteiger partial charge on any atom is -0.497 e. The number of hydrogen-bond acceptors (Lipinski definition) is 4. The summed E-state index contributed by atoms with van der Waals surface area (Å²) in [6.07, 6.45) is 2.04. The molecule has 5 heteroatoms. The molecule has 1 aromatic carbocycles. The van der Waals surface area contributed by atoms with Gasteiger partial charge in [0.05, 0.1) is 18.3 Å². The number of benzene rings is 1. The number of thioether (sulfide) groups is 1. The third-order valence-electron chi connectivity index (χ3n) is 3.43. The largest absolute Gasteiger partial charge is 0.497 e. The van der Waals surface area contributed by atoms with Gasteiger partial charge in [0.1, 0.15) is 11.6 Å². The fourth-order valence-electron chi connectivity index (χ4n) is 1.86.